The van der Waals surface area contributed by atoms with E-state index in [1.165, 1.54) is 0 Å². The number of pyridine rings is 1. The molecule has 0 amide bonds. The van der Waals surface area contributed by atoms with E-state index in [0.29, 0.717) is 12.1 Å². The Morgan fingerprint density at radius 3 is 2.72 bits per heavy atom. The molecule has 128 valence electrons. The molecule has 3 aromatic rings. The number of hydrogen-bond donors (Lipinski definition) is 1. The van der Waals surface area contributed by atoms with Gasteiger partial charge in [-0.1, -0.05) is 0 Å². The van der Waals surface area contributed by atoms with Crippen LogP contribution in [0.3, 0.4) is 0 Å². The first-order valence-corrected chi connectivity index (χ1v) is 8.46. The highest BCUT2D eigenvalue weighted by molar-refractivity contribution is 5.56. The quantitative estimate of drug-likeness (QED) is 0.788. The Morgan fingerprint density at radius 2 is 2.00 bits per heavy atom. The highest BCUT2D eigenvalue weighted by Gasteiger charge is 2.24. The molecule has 0 bridgehead atoms. The molecule has 0 spiro atoms. The van der Waals surface area contributed by atoms with Crippen molar-refractivity contribution in [1.82, 2.24) is 19.7 Å². The van der Waals surface area contributed by atoms with Crippen molar-refractivity contribution in [2.75, 3.05) is 5.32 Å². The number of nitrogens with zero attached hydrogens (tertiary/aromatic N) is 4. The second kappa shape index (κ2) is 6.88. The first-order chi connectivity index (χ1) is 12.3. The van der Waals surface area contributed by atoms with E-state index in [2.05, 4.69) is 20.4 Å². The topological polar surface area (TPSA) is 85.8 Å². The molecule has 4 rings (SSSR count). The molecule has 1 aliphatic rings. The van der Waals surface area contributed by atoms with E-state index >= 15 is 0 Å². The summed E-state index contributed by atoms with van der Waals surface area (Å²) >= 11 is 0. The van der Waals surface area contributed by atoms with Gasteiger partial charge in [-0.15, -0.1) is 0 Å². The van der Waals surface area contributed by atoms with Gasteiger partial charge >= 0.3 is 0 Å². The zero-order valence-electron chi connectivity index (χ0n) is 13.7. The summed E-state index contributed by atoms with van der Waals surface area (Å²) < 4.78 is 6.86. The minimum absolute atomic E-state index is 0.0586. The average Bonchev–Trinajstić information content (AvgIpc) is 3.17. The van der Waals surface area contributed by atoms with Gasteiger partial charge in [0, 0.05) is 30.1 Å². The van der Waals surface area contributed by atoms with Crippen LogP contribution in [-0.2, 0) is 0 Å². The number of rotatable bonds is 4. The van der Waals surface area contributed by atoms with Crippen molar-refractivity contribution in [3.63, 3.8) is 0 Å². The van der Waals surface area contributed by atoms with Crippen LogP contribution >= 0.6 is 0 Å². The zero-order valence-corrected chi connectivity index (χ0v) is 13.7. The minimum atomic E-state index is -0.0586. The Morgan fingerprint density at radius 1 is 1.12 bits per heavy atom. The zero-order chi connectivity index (χ0) is 17.1. The standard InChI is InChI=1S/C18H19N5O2/c24-17-8-7-16(13-2-1-9-19-12-13)22-23(17)15-5-3-14(4-6-15)21-18-20-10-11-25-18/h1-2,7-12,14-15H,3-6H2,(H,20,21). The van der Waals surface area contributed by atoms with E-state index in [0.717, 1.165) is 36.9 Å². The van der Waals surface area contributed by atoms with E-state index < -0.39 is 0 Å². The lowest BCUT2D eigenvalue weighted by atomic mass is 9.91. The number of aromatic nitrogens is 4. The van der Waals surface area contributed by atoms with Crippen molar-refractivity contribution in [2.45, 2.75) is 37.8 Å². The van der Waals surface area contributed by atoms with Crippen LogP contribution in [0, 0.1) is 0 Å². The number of anilines is 1. The molecule has 1 N–H and O–H groups in total. The summed E-state index contributed by atoms with van der Waals surface area (Å²) in [5.74, 6) is 0. The summed E-state index contributed by atoms with van der Waals surface area (Å²) in [6, 6.07) is 8.14. The van der Waals surface area contributed by atoms with Crippen LogP contribution in [0.2, 0.25) is 0 Å². The molecule has 3 aromatic heterocycles. The fourth-order valence-corrected chi connectivity index (χ4v) is 3.29. The molecule has 7 nitrogen and oxygen atoms in total. The van der Waals surface area contributed by atoms with Gasteiger partial charge in [-0.05, 0) is 43.9 Å². The number of oxazole rings is 1. The Labute approximate surface area is 144 Å². The van der Waals surface area contributed by atoms with E-state index in [4.69, 9.17) is 4.42 Å². The molecule has 0 radical (unpaired) electrons. The molecule has 3 heterocycles. The van der Waals surface area contributed by atoms with Gasteiger partial charge in [-0.3, -0.25) is 9.78 Å². The fraction of sp³-hybridized carbons (Fsp3) is 0.333. The summed E-state index contributed by atoms with van der Waals surface area (Å²) in [4.78, 5) is 20.5. The average molecular weight is 337 g/mol. The predicted molar refractivity (Wildman–Crippen MR) is 93.1 cm³/mol. The van der Waals surface area contributed by atoms with E-state index in [-0.39, 0.29) is 11.6 Å². The van der Waals surface area contributed by atoms with Crippen molar-refractivity contribution in [1.29, 1.82) is 0 Å². The molecule has 0 aromatic carbocycles. The van der Waals surface area contributed by atoms with E-state index in [1.54, 1.807) is 41.7 Å². The first kappa shape index (κ1) is 15.6. The predicted octanol–water partition coefficient (Wildman–Crippen LogP) is 2.89. The second-order valence-corrected chi connectivity index (χ2v) is 6.23. The van der Waals surface area contributed by atoms with Crippen LogP contribution in [0.1, 0.15) is 31.7 Å². The van der Waals surface area contributed by atoms with E-state index in [1.807, 2.05) is 12.1 Å². The van der Waals surface area contributed by atoms with Crippen LogP contribution in [0.5, 0.6) is 0 Å². The van der Waals surface area contributed by atoms with Gasteiger partial charge in [-0.25, -0.2) is 9.67 Å². The maximum Gasteiger partial charge on any atom is 0.294 e. The maximum absolute atomic E-state index is 12.3. The number of nitrogens with one attached hydrogen (secondary N) is 1. The lowest BCUT2D eigenvalue weighted by Gasteiger charge is -2.29. The van der Waals surface area contributed by atoms with Crippen molar-refractivity contribution in [2.24, 2.45) is 0 Å². The van der Waals surface area contributed by atoms with Crippen LogP contribution in [0.4, 0.5) is 6.01 Å². The van der Waals surface area contributed by atoms with Crippen molar-refractivity contribution in [3.05, 3.63) is 59.5 Å². The Hall–Kier alpha value is -2.96. The third-order valence-corrected chi connectivity index (χ3v) is 4.58. The molecule has 0 unspecified atom stereocenters. The Bertz CT molecular complexity index is 868. The molecule has 1 fully saturated rings. The lowest BCUT2D eigenvalue weighted by Crippen LogP contribution is -2.33. The third kappa shape index (κ3) is 3.45. The largest absolute Gasteiger partial charge is 0.432 e. The second-order valence-electron chi connectivity index (χ2n) is 6.23. The normalized spacial score (nSPS) is 20.3. The summed E-state index contributed by atoms with van der Waals surface area (Å²) in [5, 5.41) is 7.87. The maximum atomic E-state index is 12.3. The monoisotopic (exact) mass is 337 g/mol. The Balaban J connectivity index is 1.48. The van der Waals surface area contributed by atoms with E-state index in [9.17, 15) is 4.79 Å². The van der Waals surface area contributed by atoms with Gasteiger partial charge in [0.15, 0.2) is 0 Å². The summed E-state index contributed by atoms with van der Waals surface area (Å²) in [6.45, 7) is 0. The molecular weight excluding hydrogens is 318 g/mol. The number of hydrogen-bond acceptors (Lipinski definition) is 6. The third-order valence-electron chi connectivity index (χ3n) is 4.58. The summed E-state index contributed by atoms with van der Waals surface area (Å²) in [6.07, 6.45) is 10.3. The molecule has 7 heteroatoms. The smallest absolute Gasteiger partial charge is 0.294 e. The molecule has 0 atom stereocenters. The van der Waals surface area contributed by atoms with Crippen LogP contribution < -0.4 is 10.9 Å². The molecular formula is C18H19N5O2. The lowest BCUT2D eigenvalue weighted by molar-refractivity contribution is 0.302. The van der Waals surface area contributed by atoms with Gasteiger partial charge in [0.2, 0.25) is 0 Å². The summed E-state index contributed by atoms with van der Waals surface area (Å²) in [5.41, 5.74) is 1.62. The fourth-order valence-electron chi connectivity index (χ4n) is 3.29. The highest BCUT2D eigenvalue weighted by Crippen LogP contribution is 2.29. The summed E-state index contributed by atoms with van der Waals surface area (Å²) in [7, 11) is 0. The van der Waals surface area contributed by atoms with Gasteiger partial charge in [0.25, 0.3) is 11.6 Å². The molecule has 1 saturated carbocycles. The van der Waals surface area contributed by atoms with Crippen LogP contribution in [0.25, 0.3) is 11.3 Å². The van der Waals surface area contributed by atoms with Gasteiger partial charge in [-0.2, -0.15) is 5.10 Å². The van der Waals surface area contributed by atoms with Crippen molar-refractivity contribution >= 4 is 6.01 Å². The first-order valence-electron chi connectivity index (χ1n) is 8.46. The molecule has 0 saturated heterocycles. The van der Waals surface area contributed by atoms with Gasteiger partial charge in [0.05, 0.1) is 17.9 Å². The van der Waals surface area contributed by atoms with Crippen LogP contribution in [0.15, 0.2) is 58.3 Å². The van der Waals surface area contributed by atoms with Gasteiger partial charge in [0.1, 0.15) is 6.26 Å². The van der Waals surface area contributed by atoms with Gasteiger partial charge < -0.3 is 9.73 Å². The molecule has 0 aliphatic heterocycles. The SMILES string of the molecule is O=c1ccc(-c2cccnc2)nn1C1CCC(Nc2ncco2)CC1. The minimum Gasteiger partial charge on any atom is -0.432 e. The van der Waals surface area contributed by atoms with Crippen molar-refractivity contribution in [3.8, 4) is 11.3 Å². The van der Waals surface area contributed by atoms with Crippen LogP contribution in [-0.4, -0.2) is 25.8 Å². The van der Waals surface area contributed by atoms with Crippen molar-refractivity contribution < 1.29 is 4.42 Å². The Kier molecular flexibility index (Phi) is 4.28. The molecule has 1 aliphatic carbocycles. The highest BCUT2D eigenvalue weighted by atomic mass is 16.4. The molecule has 25 heavy (non-hydrogen) atoms.